The van der Waals surface area contributed by atoms with E-state index in [9.17, 15) is 0 Å². The predicted molar refractivity (Wildman–Crippen MR) is 108 cm³/mol. The Bertz CT molecular complexity index is 520. The Morgan fingerprint density at radius 1 is 0.600 bits per heavy atom. The first-order valence-electron chi connectivity index (χ1n) is 9.79. The van der Waals surface area contributed by atoms with Crippen LogP contribution < -0.4 is 0 Å². The summed E-state index contributed by atoms with van der Waals surface area (Å²) in [7, 11) is 0. The van der Waals surface area contributed by atoms with E-state index in [0.29, 0.717) is 24.0 Å². The largest absolute Gasteiger partial charge is 0.374 e. The highest BCUT2D eigenvalue weighted by Gasteiger charge is 2.22. The number of rotatable bonds is 10. The van der Waals surface area contributed by atoms with Crippen molar-refractivity contribution in [2.75, 3.05) is 0 Å². The van der Waals surface area contributed by atoms with Crippen LogP contribution in [0.3, 0.4) is 0 Å². The van der Waals surface area contributed by atoms with Gasteiger partial charge in [0.05, 0.1) is 12.2 Å². The summed E-state index contributed by atoms with van der Waals surface area (Å²) in [6.07, 6.45) is 5.01. The summed E-state index contributed by atoms with van der Waals surface area (Å²) in [4.78, 5) is 0. The Hall–Kier alpha value is -1.60. The molecular weight excluding hydrogens is 304 g/mol. The fourth-order valence-electron chi connectivity index (χ4n) is 3.25. The van der Waals surface area contributed by atoms with Crippen molar-refractivity contribution in [1.82, 2.24) is 0 Å². The molecule has 0 aliphatic rings. The number of benzene rings is 2. The van der Waals surface area contributed by atoms with E-state index in [2.05, 4.69) is 88.4 Å². The van der Waals surface area contributed by atoms with Crippen LogP contribution in [-0.4, -0.2) is 12.2 Å². The molecule has 0 fully saturated rings. The highest BCUT2D eigenvalue weighted by molar-refractivity contribution is 5.15. The summed E-state index contributed by atoms with van der Waals surface area (Å²) >= 11 is 0. The normalized spacial score (nSPS) is 14.0. The Morgan fingerprint density at radius 2 is 0.960 bits per heavy atom. The Kier molecular flexibility index (Phi) is 8.21. The zero-order valence-electron chi connectivity index (χ0n) is 16.3. The third-order valence-electron chi connectivity index (χ3n) is 4.96. The first kappa shape index (κ1) is 19.7. The maximum Gasteiger partial charge on any atom is 0.0605 e. The van der Waals surface area contributed by atoms with E-state index in [-0.39, 0.29) is 0 Å². The van der Waals surface area contributed by atoms with Gasteiger partial charge in [0.1, 0.15) is 0 Å². The predicted octanol–water partition coefficient (Wildman–Crippen LogP) is 6.32. The van der Waals surface area contributed by atoms with Crippen molar-refractivity contribution in [2.45, 2.75) is 65.6 Å². The second-order valence-corrected chi connectivity index (χ2v) is 7.75. The molecule has 1 nitrogen and oxygen atoms in total. The molecule has 0 amide bonds. The van der Waals surface area contributed by atoms with Crippen LogP contribution in [0, 0.1) is 11.8 Å². The molecule has 0 spiro atoms. The quantitative estimate of drug-likeness (QED) is 0.492. The zero-order chi connectivity index (χ0) is 18.1. The summed E-state index contributed by atoms with van der Waals surface area (Å²) in [5, 5.41) is 0. The highest BCUT2D eigenvalue weighted by Crippen LogP contribution is 2.22. The second kappa shape index (κ2) is 10.4. The van der Waals surface area contributed by atoms with Crippen LogP contribution >= 0.6 is 0 Å². The number of hydrogen-bond donors (Lipinski definition) is 0. The molecule has 2 atom stereocenters. The van der Waals surface area contributed by atoms with E-state index in [1.807, 2.05) is 0 Å². The molecule has 0 N–H and O–H groups in total. The summed E-state index contributed by atoms with van der Waals surface area (Å²) in [6, 6.07) is 21.5. The van der Waals surface area contributed by atoms with Gasteiger partial charge in [-0.2, -0.15) is 0 Å². The smallest absolute Gasteiger partial charge is 0.0605 e. The van der Waals surface area contributed by atoms with Crippen LogP contribution in [0.5, 0.6) is 0 Å². The van der Waals surface area contributed by atoms with Gasteiger partial charge in [-0.1, -0.05) is 88.4 Å². The zero-order valence-corrected chi connectivity index (χ0v) is 16.3. The van der Waals surface area contributed by atoms with Crippen LogP contribution in [0.15, 0.2) is 60.7 Å². The lowest BCUT2D eigenvalue weighted by molar-refractivity contribution is -0.0628. The molecule has 0 radical (unpaired) electrons. The summed E-state index contributed by atoms with van der Waals surface area (Å²) in [5.41, 5.74) is 2.81. The molecule has 0 saturated heterocycles. The summed E-state index contributed by atoms with van der Waals surface area (Å²) in [6.45, 7) is 9.13. The SMILES string of the molecule is CC(C)C(CCc1ccccc1)OC(CCc1ccccc1)C(C)C. The molecule has 0 aliphatic heterocycles. The standard InChI is InChI=1S/C24H34O/c1-19(2)23(17-15-21-11-7-5-8-12-21)25-24(20(3)4)18-16-22-13-9-6-10-14-22/h5-14,19-20,23-24H,15-18H2,1-4H3. The van der Waals surface area contributed by atoms with Gasteiger partial charge in [-0.05, 0) is 48.6 Å². The minimum absolute atomic E-state index is 0.323. The number of hydrogen-bond acceptors (Lipinski definition) is 1. The number of aryl methyl sites for hydroxylation is 2. The first-order chi connectivity index (χ1) is 12.1. The van der Waals surface area contributed by atoms with Crippen molar-refractivity contribution in [3.05, 3.63) is 71.8 Å². The molecule has 2 rings (SSSR count). The maximum absolute atomic E-state index is 6.62. The lowest BCUT2D eigenvalue weighted by Gasteiger charge is -2.30. The van der Waals surface area contributed by atoms with Crippen LogP contribution in [0.25, 0.3) is 0 Å². The second-order valence-electron chi connectivity index (χ2n) is 7.75. The van der Waals surface area contributed by atoms with E-state index in [1.165, 1.54) is 11.1 Å². The third-order valence-corrected chi connectivity index (χ3v) is 4.96. The molecule has 1 heteroatoms. The van der Waals surface area contributed by atoms with Crippen molar-refractivity contribution < 1.29 is 4.74 Å². The van der Waals surface area contributed by atoms with Crippen molar-refractivity contribution in [1.29, 1.82) is 0 Å². The lowest BCUT2D eigenvalue weighted by Crippen LogP contribution is -2.31. The Labute approximate surface area is 154 Å². The van der Waals surface area contributed by atoms with Gasteiger partial charge < -0.3 is 4.74 Å². The molecule has 0 saturated carbocycles. The van der Waals surface area contributed by atoms with Crippen molar-refractivity contribution >= 4 is 0 Å². The van der Waals surface area contributed by atoms with Crippen molar-refractivity contribution in [2.24, 2.45) is 11.8 Å². The van der Waals surface area contributed by atoms with Gasteiger partial charge in [0.25, 0.3) is 0 Å². The van der Waals surface area contributed by atoms with E-state index in [4.69, 9.17) is 4.74 Å². The third kappa shape index (κ3) is 7.04. The van der Waals surface area contributed by atoms with Crippen molar-refractivity contribution in [3.63, 3.8) is 0 Å². The van der Waals surface area contributed by atoms with Gasteiger partial charge in [0.15, 0.2) is 0 Å². The number of ether oxygens (including phenoxy) is 1. The molecular formula is C24H34O. The van der Waals surface area contributed by atoms with Gasteiger partial charge in [0.2, 0.25) is 0 Å². The van der Waals surface area contributed by atoms with E-state index < -0.39 is 0 Å². The molecule has 136 valence electrons. The Balaban J connectivity index is 1.91. The van der Waals surface area contributed by atoms with Crippen LogP contribution in [0.2, 0.25) is 0 Å². The average Bonchev–Trinajstić information content (AvgIpc) is 2.62. The van der Waals surface area contributed by atoms with Gasteiger partial charge in [-0.25, -0.2) is 0 Å². The molecule has 2 aromatic rings. The van der Waals surface area contributed by atoms with E-state index in [0.717, 1.165) is 25.7 Å². The minimum Gasteiger partial charge on any atom is -0.374 e. The molecule has 0 aliphatic carbocycles. The van der Waals surface area contributed by atoms with E-state index in [1.54, 1.807) is 0 Å². The molecule has 0 bridgehead atoms. The van der Waals surface area contributed by atoms with Crippen LogP contribution in [0.1, 0.15) is 51.7 Å². The molecule has 2 unspecified atom stereocenters. The molecule has 25 heavy (non-hydrogen) atoms. The fraction of sp³-hybridized carbons (Fsp3) is 0.500. The van der Waals surface area contributed by atoms with Gasteiger partial charge in [0, 0.05) is 0 Å². The molecule has 0 heterocycles. The van der Waals surface area contributed by atoms with Crippen molar-refractivity contribution in [3.8, 4) is 0 Å². The van der Waals surface area contributed by atoms with E-state index >= 15 is 0 Å². The summed E-state index contributed by atoms with van der Waals surface area (Å²) in [5.74, 6) is 1.09. The molecule has 2 aromatic carbocycles. The van der Waals surface area contributed by atoms with Gasteiger partial charge in [-0.15, -0.1) is 0 Å². The van der Waals surface area contributed by atoms with Crippen LogP contribution in [0.4, 0.5) is 0 Å². The first-order valence-corrected chi connectivity index (χ1v) is 9.79. The molecule has 0 aromatic heterocycles. The Morgan fingerprint density at radius 3 is 1.28 bits per heavy atom. The fourth-order valence-corrected chi connectivity index (χ4v) is 3.25. The average molecular weight is 339 g/mol. The van der Waals surface area contributed by atoms with Gasteiger partial charge >= 0.3 is 0 Å². The minimum atomic E-state index is 0.323. The topological polar surface area (TPSA) is 9.23 Å². The monoisotopic (exact) mass is 338 g/mol. The van der Waals surface area contributed by atoms with Gasteiger partial charge in [-0.3, -0.25) is 0 Å². The lowest BCUT2D eigenvalue weighted by atomic mass is 9.96. The highest BCUT2D eigenvalue weighted by atomic mass is 16.5. The van der Waals surface area contributed by atoms with Crippen LogP contribution in [-0.2, 0) is 17.6 Å². The summed E-state index contributed by atoms with van der Waals surface area (Å²) < 4.78 is 6.62. The maximum atomic E-state index is 6.62.